The van der Waals surface area contributed by atoms with E-state index >= 15 is 0 Å². The first kappa shape index (κ1) is 13.8. The Labute approximate surface area is 113 Å². The normalized spacial score (nSPS) is 24.3. The second kappa shape index (κ2) is 5.59. The Morgan fingerprint density at radius 1 is 1.28 bits per heavy atom. The lowest BCUT2D eigenvalue weighted by Gasteiger charge is -2.18. The van der Waals surface area contributed by atoms with Crippen molar-refractivity contribution in [3.63, 3.8) is 0 Å². The van der Waals surface area contributed by atoms with Crippen LogP contribution in [-0.2, 0) is 15.6 Å². The first-order valence-electron chi connectivity index (χ1n) is 6.19. The molecule has 5 heteroatoms. The number of hydrogen-bond acceptors (Lipinski definition) is 3. The van der Waals surface area contributed by atoms with Crippen molar-refractivity contribution in [1.82, 2.24) is 0 Å². The molecule has 0 amide bonds. The topological polar surface area (TPSA) is 60.2 Å². The van der Waals surface area contributed by atoms with Crippen molar-refractivity contribution in [2.45, 2.75) is 30.3 Å². The molecule has 0 heterocycles. The molecule has 1 fully saturated rings. The molecule has 0 saturated heterocycles. The molecule has 0 spiro atoms. The third-order valence-electron chi connectivity index (χ3n) is 3.67. The van der Waals surface area contributed by atoms with Crippen molar-refractivity contribution in [3.8, 4) is 0 Å². The summed E-state index contributed by atoms with van der Waals surface area (Å²) in [6.07, 6.45) is 2.60. The molecule has 18 heavy (non-hydrogen) atoms. The molecule has 2 atom stereocenters. The first-order chi connectivity index (χ1) is 8.54. The molecule has 1 aromatic rings. The van der Waals surface area contributed by atoms with Crippen LogP contribution < -0.4 is 5.73 Å². The van der Waals surface area contributed by atoms with Gasteiger partial charge >= 0.3 is 0 Å². The van der Waals surface area contributed by atoms with Crippen LogP contribution >= 0.6 is 11.6 Å². The summed E-state index contributed by atoms with van der Waals surface area (Å²) in [5, 5.41) is 0.224. The van der Waals surface area contributed by atoms with Crippen molar-refractivity contribution in [1.29, 1.82) is 0 Å². The summed E-state index contributed by atoms with van der Waals surface area (Å²) in [5.74, 6) is 0.130. The zero-order valence-corrected chi connectivity index (χ0v) is 11.8. The van der Waals surface area contributed by atoms with Gasteiger partial charge in [-0.05, 0) is 36.9 Å². The van der Waals surface area contributed by atoms with Crippen LogP contribution in [0.1, 0.15) is 24.8 Å². The maximum Gasteiger partial charge on any atom is 0.157 e. The van der Waals surface area contributed by atoms with Gasteiger partial charge in [0, 0.05) is 5.02 Å². The quantitative estimate of drug-likeness (QED) is 0.925. The maximum atomic E-state index is 12.4. The van der Waals surface area contributed by atoms with Crippen LogP contribution in [0.2, 0.25) is 5.02 Å². The summed E-state index contributed by atoms with van der Waals surface area (Å²) < 4.78 is 24.8. The minimum Gasteiger partial charge on any atom is -0.330 e. The SMILES string of the molecule is NCC1CCCC1S(=O)(=O)Cc1ccccc1Cl. The molecule has 1 aliphatic rings. The Morgan fingerprint density at radius 2 is 2.00 bits per heavy atom. The van der Waals surface area contributed by atoms with Crippen LogP contribution in [0.15, 0.2) is 24.3 Å². The summed E-state index contributed by atoms with van der Waals surface area (Å²) in [5.41, 5.74) is 6.34. The predicted molar refractivity (Wildman–Crippen MR) is 74.3 cm³/mol. The fraction of sp³-hybridized carbons (Fsp3) is 0.538. The maximum absolute atomic E-state index is 12.4. The lowest BCUT2D eigenvalue weighted by atomic mass is 10.1. The summed E-state index contributed by atoms with van der Waals surface area (Å²) in [4.78, 5) is 0. The third kappa shape index (κ3) is 2.87. The van der Waals surface area contributed by atoms with Gasteiger partial charge in [-0.1, -0.05) is 36.2 Å². The van der Waals surface area contributed by atoms with Gasteiger partial charge < -0.3 is 5.73 Å². The van der Waals surface area contributed by atoms with Gasteiger partial charge in [-0.15, -0.1) is 0 Å². The van der Waals surface area contributed by atoms with Gasteiger partial charge in [0.2, 0.25) is 0 Å². The van der Waals surface area contributed by atoms with E-state index in [-0.39, 0.29) is 16.9 Å². The van der Waals surface area contributed by atoms with Crippen LogP contribution in [0, 0.1) is 5.92 Å². The molecule has 0 bridgehead atoms. The Balaban J connectivity index is 2.20. The Kier molecular flexibility index (Phi) is 4.30. The van der Waals surface area contributed by atoms with Crippen LogP contribution in [0.25, 0.3) is 0 Å². The van der Waals surface area contributed by atoms with Crippen molar-refractivity contribution >= 4 is 21.4 Å². The van der Waals surface area contributed by atoms with Crippen LogP contribution in [0.3, 0.4) is 0 Å². The summed E-state index contributed by atoms with van der Waals surface area (Å²) >= 11 is 6.02. The van der Waals surface area contributed by atoms with E-state index < -0.39 is 9.84 Å². The molecule has 0 aliphatic heterocycles. The van der Waals surface area contributed by atoms with Crippen LogP contribution in [-0.4, -0.2) is 20.2 Å². The molecule has 0 aromatic heterocycles. The Hall–Kier alpha value is -0.580. The molecule has 2 N–H and O–H groups in total. The predicted octanol–water partition coefficient (Wildman–Crippen LogP) is 2.38. The van der Waals surface area contributed by atoms with E-state index in [1.807, 2.05) is 6.07 Å². The minimum atomic E-state index is -3.16. The number of hydrogen-bond donors (Lipinski definition) is 1. The van der Waals surface area contributed by atoms with Gasteiger partial charge in [0.25, 0.3) is 0 Å². The number of halogens is 1. The van der Waals surface area contributed by atoms with Crippen molar-refractivity contribution in [2.24, 2.45) is 11.7 Å². The molecule has 1 aliphatic carbocycles. The fourth-order valence-corrected chi connectivity index (χ4v) is 5.22. The largest absolute Gasteiger partial charge is 0.330 e. The molecule has 1 aromatic carbocycles. The van der Waals surface area contributed by atoms with E-state index in [9.17, 15) is 8.42 Å². The van der Waals surface area contributed by atoms with E-state index in [1.54, 1.807) is 18.2 Å². The molecule has 0 radical (unpaired) electrons. The smallest absolute Gasteiger partial charge is 0.157 e. The molecule has 2 rings (SSSR count). The summed E-state index contributed by atoms with van der Waals surface area (Å²) in [6, 6.07) is 7.11. The molecular weight excluding hydrogens is 270 g/mol. The van der Waals surface area contributed by atoms with Crippen LogP contribution in [0.5, 0.6) is 0 Å². The molecule has 100 valence electrons. The van der Waals surface area contributed by atoms with Gasteiger partial charge in [0.15, 0.2) is 9.84 Å². The van der Waals surface area contributed by atoms with Crippen molar-refractivity contribution < 1.29 is 8.42 Å². The third-order valence-corrected chi connectivity index (χ3v) is 6.29. The van der Waals surface area contributed by atoms with Gasteiger partial charge in [-0.3, -0.25) is 0 Å². The Morgan fingerprint density at radius 3 is 2.67 bits per heavy atom. The molecule has 3 nitrogen and oxygen atoms in total. The van der Waals surface area contributed by atoms with E-state index in [1.165, 1.54) is 0 Å². The van der Waals surface area contributed by atoms with E-state index in [0.717, 1.165) is 19.3 Å². The number of benzene rings is 1. The number of rotatable bonds is 4. The lowest BCUT2D eigenvalue weighted by molar-refractivity contribution is 0.523. The van der Waals surface area contributed by atoms with Crippen molar-refractivity contribution in [2.75, 3.05) is 6.54 Å². The highest BCUT2D eigenvalue weighted by atomic mass is 35.5. The zero-order valence-electron chi connectivity index (χ0n) is 10.2. The Bertz CT molecular complexity index is 515. The number of sulfone groups is 1. The fourth-order valence-electron chi connectivity index (χ4n) is 2.68. The second-order valence-electron chi connectivity index (χ2n) is 4.86. The van der Waals surface area contributed by atoms with Gasteiger partial charge in [-0.2, -0.15) is 0 Å². The standard InChI is InChI=1S/C13H18ClNO2S/c14-12-6-2-1-4-11(12)9-18(16,17)13-7-3-5-10(13)8-15/h1-2,4,6,10,13H,3,5,7-9,15H2. The average Bonchev–Trinajstić information content (AvgIpc) is 2.81. The highest BCUT2D eigenvalue weighted by Gasteiger charge is 2.36. The monoisotopic (exact) mass is 287 g/mol. The molecule has 1 saturated carbocycles. The van der Waals surface area contributed by atoms with Gasteiger partial charge in [-0.25, -0.2) is 8.42 Å². The number of nitrogens with two attached hydrogens (primary N) is 1. The average molecular weight is 288 g/mol. The highest BCUT2D eigenvalue weighted by molar-refractivity contribution is 7.91. The lowest BCUT2D eigenvalue weighted by Crippen LogP contribution is -2.31. The highest BCUT2D eigenvalue weighted by Crippen LogP contribution is 2.33. The minimum absolute atomic E-state index is 0.0217. The van der Waals surface area contributed by atoms with Gasteiger partial charge in [0.1, 0.15) is 0 Å². The van der Waals surface area contributed by atoms with Crippen molar-refractivity contribution in [3.05, 3.63) is 34.9 Å². The summed E-state index contributed by atoms with van der Waals surface area (Å²) in [6.45, 7) is 0.451. The second-order valence-corrected chi connectivity index (χ2v) is 7.49. The zero-order chi connectivity index (χ0) is 13.2. The molecule has 2 unspecified atom stereocenters. The first-order valence-corrected chi connectivity index (χ1v) is 8.29. The molecular formula is C13H18ClNO2S. The van der Waals surface area contributed by atoms with E-state index in [4.69, 9.17) is 17.3 Å². The summed E-state index contributed by atoms with van der Waals surface area (Å²) in [7, 11) is -3.16. The van der Waals surface area contributed by atoms with E-state index in [0.29, 0.717) is 17.1 Å². The van der Waals surface area contributed by atoms with Gasteiger partial charge in [0.05, 0.1) is 11.0 Å². The van der Waals surface area contributed by atoms with E-state index in [2.05, 4.69) is 0 Å². The van der Waals surface area contributed by atoms with Crippen LogP contribution in [0.4, 0.5) is 0 Å².